The second-order valence-electron chi connectivity index (χ2n) is 5.61. The molecule has 0 amide bonds. The number of nitrogens with zero attached hydrogens (tertiary/aromatic N) is 1. The highest BCUT2D eigenvalue weighted by Crippen LogP contribution is 2.32. The van der Waals surface area contributed by atoms with Crippen LogP contribution in [0, 0.1) is 5.82 Å². The zero-order chi connectivity index (χ0) is 14.0. The van der Waals surface area contributed by atoms with E-state index in [1.807, 2.05) is 6.07 Å². The van der Waals surface area contributed by atoms with Crippen LogP contribution >= 0.6 is 11.6 Å². The van der Waals surface area contributed by atoms with Crippen LogP contribution in [0.15, 0.2) is 18.2 Å². The van der Waals surface area contributed by atoms with Gasteiger partial charge in [0.1, 0.15) is 5.82 Å². The van der Waals surface area contributed by atoms with Gasteiger partial charge in [-0.15, -0.1) is 0 Å². The smallest absolute Gasteiger partial charge is 0.141 e. The van der Waals surface area contributed by atoms with Gasteiger partial charge in [-0.05, 0) is 50.9 Å². The standard InChI is InChI=1S/C15H22ClFN2/c1-10(2)19-8-4-3-5-14(18)15(19)11-6-7-13(17)12(16)9-11/h6-7,9-10,14-15H,3-5,8,18H2,1-2H3. The number of rotatable bonds is 2. The fraction of sp³-hybridized carbons (Fsp3) is 0.600. The molecule has 0 saturated carbocycles. The Labute approximate surface area is 119 Å². The van der Waals surface area contributed by atoms with Crippen molar-refractivity contribution in [2.24, 2.45) is 5.73 Å². The molecule has 0 aromatic heterocycles. The molecule has 1 aromatic carbocycles. The molecule has 0 radical (unpaired) electrons. The SMILES string of the molecule is CC(C)N1CCCCC(N)C1c1ccc(F)c(Cl)c1. The van der Waals surface area contributed by atoms with Gasteiger partial charge in [-0.1, -0.05) is 24.1 Å². The molecular formula is C15H22ClFN2. The topological polar surface area (TPSA) is 29.3 Å². The first-order valence-corrected chi connectivity index (χ1v) is 7.34. The number of halogens is 2. The van der Waals surface area contributed by atoms with Crippen molar-refractivity contribution in [1.82, 2.24) is 4.90 Å². The Morgan fingerprint density at radius 3 is 2.74 bits per heavy atom. The highest BCUT2D eigenvalue weighted by molar-refractivity contribution is 6.30. The first kappa shape index (κ1) is 14.8. The largest absolute Gasteiger partial charge is 0.326 e. The maximum atomic E-state index is 13.3. The van der Waals surface area contributed by atoms with E-state index in [9.17, 15) is 4.39 Å². The molecule has 2 atom stereocenters. The average Bonchev–Trinajstić information content (AvgIpc) is 2.55. The molecule has 0 bridgehead atoms. The Morgan fingerprint density at radius 1 is 1.37 bits per heavy atom. The summed E-state index contributed by atoms with van der Waals surface area (Å²) in [5.41, 5.74) is 7.37. The zero-order valence-electron chi connectivity index (χ0n) is 11.6. The van der Waals surface area contributed by atoms with Gasteiger partial charge in [0.25, 0.3) is 0 Å². The molecule has 0 aliphatic carbocycles. The Kier molecular flexibility index (Phi) is 4.82. The fourth-order valence-electron chi connectivity index (χ4n) is 2.93. The molecule has 4 heteroatoms. The molecular weight excluding hydrogens is 263 g/mol. The fourth-order valence-corrected chi connectivity index (χ4v) is 3.12. The molecule has 106 valence electrons. The van der Waals surface area contributed by atoms with Crippen LogP contribution in [0.3, 0.4) is 0 Å². The maximum Gasteiger partial charge on any atom is 0.141 e. The van der Waals surface area contributed by atoms with E-state index in [0.717, 1.165) is 31.4 Å². The van der Waals surface area contributed by atoms with Crippen LogP contribution in [0.2, 0.25) is 5.02 Å². The molecule has 1 saturated heterocycles. The van der Waals surface area contributed by atoms with Crippen LogP contribution in [0.5, 0.6) is 0 Å². The van der Waals surface area contributed by atoms with Crippen molar-refractivity contribution in [1.29, 1.82) is 0 Å². The predicted molar refractivity (Wildman–Crippen MR) is 77.8 cm³/mol. The minimum Gasteiger partial charge on any atom is -0.326 e. The molecule has 2 nitrogen and oxygen atoms in total. The second kappa shape index (κ2) is 6.21. The zero-order valence-corrected chi connectivity index (χ0v) is 12.3. The van der Waals surface area contributed by atoms with Gasteiger partial charge in [0.05, 0.1) is 11.1 Å². The molecule has 2 N–H and O–H groups in total. The van der Waals surface area contributed by atoms with Gasteiger partial charge < -0.3 is 5.73 Å². The van der Waals surface area contributed by atoms with Gasteiger partial charge in [-0.3, -0.25) is 4.90 Å². The summed E-state index contributed by atoms with van der Waals surface area (Å²) in [6, 6.07) is 5.59. The lowest BCUT2D eigenvalue weighted by Gasteiger charge is -2.36. The van der Waals surface area contributed by atoms with E-state index in [1.54, 1.807) is 6.07 Å². The Morgan fingerprint density at radius 2 is 2.11 bits per heavy atom. The molecule has 1 aliphatic heterocycles. The van der Waals surface area contributed by atoms with Crippen molar-refractivity contribution < 1.29 is 4.39 Å². The number of benzene rings is 1. The summed E-state index contributed by atoms with van der Waals surface area (Å²) >= 11 is 5.91. The van der Waals surface area contributed by atoms with E-state index in [-0.39, 0.29) is 22.9 Å². The van der Waals surface area contributed by atoms with E-state index in [1.165, 1.54) is 6.07 Å². The Hall–Kier alpha value is -0.640. The number of likely N-dealkylation sites (tertiary alicyclic amines) is 1. The average molecular weight is 285 g/mol. The summed E-state index contributed by atoms with van der Waals surface area (Å²) in [5.74, 6) is -0.372. The van der Waals surface area contributed by atoms with Crippen molar-refractivity contribution in [2.45, 2.75) is 51.2 Å². The molecule has 2 unspecified atom stereocenters. The third kappa shape index (κ3) is 3.28. The van der Waals surface area contributed by atoms with Gasteiger partial charge in [0, 0.05) is 12.1 Å². The maximum absolute atomic E-state index is 13.3. The second-order valence-corrected chi connectivity index (χ2v) is 6.02. The quantitative estimate of drug-likeness (QED) is 0.896. The van der Waals surface area contributed by atoms with Crippen LogP contribution in [0.25, 0.3) is 0 Å². The van der Waals surface area contributed by atoms with E-state index in [4.69, 9.17) is 17.3 Å². The van der Waals surface area contributed by atoms with Crippen LogP contribution < -0.4 is 5.73 Å². The van der Waals surface area contributed by atoms with Crippen molar-refractivity contribution in [3.05, 3.63) is 34.6 Å². The van der Waals surface area contributed by atoms with Crippen LogP contribution in [0.4, 0.5) is 4.39 Å². The summed E-state index contributed by atoms with van der Waals surface area (Å²) in [7, 11) is 0. The highest BCUT2D eigenvalue weighted by atomic mass is 35.5. The van der Waals surface area contributed by atoms with Crippen LogP contribution in [-0.4, -0.2) is 23.5 Å². The number of nitrogens with two attached hydrogens (primary N) is 1. The first-order chi connectivity index (χ1) is 9.00. The Bertz CT molecular complexity index is 436. The lowest BCUT2D eigenvalue weighted by Crippen LogP contribution is -2.43. The summed E-state index contributed by atoms with van der Waals surface area (Å²) in [6.07, 6.45) is 3.32. The molecule has 0 spiro atoms. The van der Waals surface area contributed by atoms with Gasteiger partial charge in [-0.2, -0.15) is 0 Å². The molecule has 1 aliphatic rings. The van der Waals surface area contributed by atoms with Crippen LogP contribution in [0.1, 0.15) is 44.7 Å². The summed E-state index contributed by atoms with van der Waals surface area (Å²) in [5, 5.41) is 0.178. The molecule has 1 aromatic rings. The van der Waals surface area contributed by atoms with Crippen molar-refractivity contribution >= 4 is 11.6 Å². The van der Waals surface area contributed by atoms with Gasteiger partial charge in [-0.25, -0.2) is 4.39 Å². The third-order valence-electron chi connectivity index (χ3n) is 3.92. The molecule has 19 heavy (non-hydrogen) atoms. The summed E-state index contributed by atoms with van der Waals surface area (Å²) in [4.78, 5) is 2.40. The van der Waals surface area contributed by atoms with E-state index >= 15 is 0 Å². The first-order valence-electron chi connectivity index (χ1n) is 6.97. The highest BCUT2D eigenvalue weighted by Gasteiger charge is 2.30. The van der Waals surface area contributed by atoms with Gasteiger partial charge in [0.15, 0.2) is 0 Å². The van der Waals surface area contributed by atoms with Gasteiger partial charge in [0.2, 0.25) is 0 Å². The van der Waals surface area contributed by atoms with E-state index < -0.39 is 0 Å². The molecule has 2 rings (SSSR count). The normalized spacial score (nSPS) is 25.6. The van der Waals surface area contributed by atoms with E-state index in [2.05, 4.69) is 18.7 Å². The van der Waals surface area contributed by atoms with Crippen LogP contribution in [-0.2, 0) is 0 Å². The lowest BCUT2D eigenvalue weighted by atomic mass is 9.95. The third-order valence-corrected chi connectivity index (χ3v) is 4.20. The minimum absolute atomic E-state index is 0.0754. The van der Waals surface area contributed by atoms with Crippen molar-refractivity contribution in [3.63, 3.8) is 0 Å². The minimum atomic E-state index is -0.372. The summed E-state index contributed by atoms with van der Waals surface area (Å²) < 4.78 is 13.3. The molecule has 1 heterocycles. The monoisotopic (exact) mass is 284 g/mol. The van der Waals surface area contributed by atoms with Gasteiger partial charge >= 0.3 is 0 Å². The molecule has 1 fully saturated rings. The lowest BCUT2D eigenvalue weighted by molar-refractivity contribution is 0.144. The predicted octanol–water partition coefficient (Wildman–Crippen LogP) is 3.74. The van der Waals surface area contributed by atoms with Crippen molar-refractivity contribution in [3.8, 4) is 0 Å². The van der Waals surface area contributed by atoms with Crippen molar-refractivity contribution in [2.75, 3.05) is 6.54 Å². The van der Waals surface area contributed by atoms with E-state index in [0.29, 0.717) is 6.04 Å². The Balaban J connectivity index is 2.37. The number of hydrogen-bond acceptors (Lipinski definition) is 2. The number of hydrogen-bond donors (Lipinski definition) is 1. The summed E-state index contributed by atoms with van der Waals surface area (Å²) in [6.45, 7) is 5.39.